The number of hydrogen-bond acceptors (Lipinski definition) is 2. The Hall–Kier alpha value is -0.830. The van der Waals surface area contributed by atoms with Gasteiger partial charge >= 0.3 is 5.97 Å². The fourth-order valence-corrected chi connectivity index (χ4v) is 11.5. The Kier molecular flexibility index (Phi) is 5.15. The second kappa shape index (κ2) is 7.11. The minimum atomic E-state index is -0.538. The van der Waals surface area contributed by atoms with Crippen molar-refractivity contribution in [2.75, 3.05) is 0 Å². The summed E-state index contributed by atoms with van der Waals surface area (Å²) in [5, 5.41) is 21.4. The fourth-order valence-electron chi connectivity index (χ4n) is 11.5. The number of carboxylic acids is 1. The van der Waals surface area contributed by atoms with E-state index in [1.165, 1.54) is 31.3 Å². The summed E-state index contributed by atoms with van der Waals surface area (Å²) in [6.07, 6.45) is 10.5. The van der Waals surface area contributed by atoms with Crippen LogP contribution >= 0.6 is 0 Å². The highest BCUT2D eigenvalue weighted by atomic mass is 16.4. The largest absolute Gasteiger partial charge is 0.481 e. The van der Waals surface area contributed by atoms with E-state index in [1.54, 1.807) is 0 Å². The number of rotatable bonds is 2. The van der Waals surface area contributed by atoms with E-state index in [4.69, 9.17) is 0 Å². The minimum Gasteiger partial charge on any atom is -0.481 e. The molecule has 5 aliphatic carbocycles. The molecule has 0 aromatic rings. The Labute approximate surface area is 201 Å². The summed E-state index contributed by atoms with van der Waals surface area (Å²) in [6.45, 7) is 18.8. The van der Waals surface area contributed by atoms with Crippen molar-refractivity contribution < 1.29 is 15.0 Å². The smallest absolute Gasteiger partial charge is 0.309 e. The normalized spacial score (nSPS) is 55.0. The molecule has 0 saturated heterocycles. The maximum absolute atomic E-state index is 12.8. The number of carboxylic acid groups (broad SMARTS) is 1. The molecule has 3 heteroatoms. The molecule has 0 radical (unpaired) electrons. The molecule has 0 heterocycles. The molecule has 33 heavy (non-hydrogen) atoms. The Morgan fingerprint density at radius 3 is 2.15 bits per heavy atom. The van der Waals surface area contributed by atoms with Gasteiger partial charge in [0.2, 0.25) is 0 Å². The molecule has 0 aromatic heterocycles. The van der Waals surface area contributed by atoms with Gasteiger partial charge in [-0.1, -0.05) is 46.8 Å². The van der Waals surface area contributed by atoms with Crippen molar-refractivity contribution >= 4 is 5.97 Å². The van der Waals surface area contributed by atoms with Gasteiger partial charge in [0.15, 0.2) is 0 Å². The third-order valence-corrected chi connectivity index (χ3v) is 13.5. The van der Waals surface area contributed by atoms with Crippen molar-refractivity contribution in [1.82, 2.24) is 0 Å². The minimum absolute atomic E-state index is 0.0202. The van der Waals surface area contributed by atoms with Crippen LogP contribution in [0.4, 0.5) is 0 Å². The van der Waals surface area contributed by atoms with Crippen LogP contribution in [0.5, 0.6) is 0 Å². The lowest BCUT2D eigenvalue weighted by Crippen LogP contribution is -2.67. The molecule has 0 amide bonds. The van der Waals surface area contributed by atoms with Crippen molar-refractivity contribution in [3.05, 3.63) is 12.2 Å². The first-order chi connectivity index (χ1) is 15.3. The molecule has 10 atom stereocenters. The zero-order chi connectivity index (χ0) is 24.2. The zero-order valence-electron chi connectivity index (χ0n) is 22.0. The maximum Gasteiger partial charge on any atom is 0.309 e. The van der Waals surface area contributed by atoms with Gasteiger partial charge in [0.1, 0.15) is 0 Å². The summed E-state index contributed by atoms with van der Waals surface area (Å²) in [7, 11) is 0. The van der Waals surface area contributed by atoms with Crippen molar-refractivity contribution in [3.63, 3.8) is 0 Å². The second-order valence-corrected chi connectivity index (χ2v) is 14.5. The number of aliphatic carboxylic acids is 1. The number of aliphatic hydroxyl groups is 1. The molecule has 5 aliphatic rings. The highest BCUT2D eigenvalue weighted by Gasteiger charge is 2.71. The van der Waals surface area contributed by atoms with Gasteiger partial charge in [-0.3, -0.25) is 4.79 Å². The monoisotopic (exact) mass is 456 g/mol. The molecule has 2 N–H and O–H groups in total. The summed E-state index contributed by atoms with van der Waals surface area (Å²) < 4.78 is 0. The summed E-state index contributed by atoms with van der Waals surface area (Å²) in [5.41, 5.74) is 1.35. The molecule has 0 spiro atoms. The van der Waals surface area contributed by atoms with E-state index in [-0.39, 0.29) is 33.7 Å². The van der Waals surface area contributed by atoms with Crippen LogP contribution < -0.4 is 0 Å². The van der Waals surface area contributed by atoms with Gasteiger partial charge in [-0.05, 0) is 122 Å². The van der Waals surface area contributed by atoms with Gasteiger partial charge in [-0.2, -0.15) is 0 Å². The predicted octanol–water partition coefficient (Wildman–Crippen LogP) is 7.09. The first-order valence-electron chi connectivity index (χ1n) is 13.8. The van der Waals surface area contributed by atoms with Crippen molar-refractivity contribution in [3.8, 4) is 0 Å². The Balaban J connectivity index is 1.57. The number of hydrogen-bond donors (Lipinski definition) is 2. The number of carbonyl (C=O) groups is 1. The molecule has 3 nitrogen and oxygen atoms in total. The van der Waals surface area contributed by atoms with Gasteiger partial charge in [0.25, 0.3) is 0 Å². The van der Waals surface area contributed by atoms with Gasteiger partial charge in [-0.15, -0.1) is 0 Å². The van der Waals surface area contributed by atoms with Crippen molar-refractivity contribution in [2.45, 2.75) is 112 Å². The van der Waals surface area contributed by atoms with E-state index in [0.717, 1.165) is 38.5 Å². The van der Waals surface area contributed by atoms with Crippen LogP contribution in [0.1, 0.15) is 106 Å². The fraction of sp³-hybridized carbons (Fsp3) is 0.900. The third-order valence-electron chi connectivity index (χ3n) is 13.5. The van der Waals surface area contributed by atoms with Crippen molar-refractivity contribution in [2.24, 2.45) is 56.7 Å². The molecule has 0 bridgehead atoms. The van der Waals surface area contributed by atoms with E-state index in [1.807, 2.05) is 0 Å². The molecular formula is C30H48O3. The first-order valence-corrected chi connectivity index (χ1v) is 13.8. The Bertz CT molecular complexity index is 861. The molecular weight excluding hydrogens is 408 g/mol. The summed E-state index contributed by atoms with van der Waals surface area (Å²) >= 11 is 0. The van der Waals surface area contributed by atoms with Gasteiger partial charge < -0.3 is 10.2 Å². The van der Waals surface area contributed by atoms with Gasteiger partial charge in [0.05, 0.1) is 11.5 Å². The number of fused-ring (bicyclic) bond motifs is 7. The Morgan fingerprint density at radius 1 is 0.818 bits per heavy atom. The standard InChI is InChI=1S/C30H48O3/c1-18(2)19-10-15-30(25(32)33)17-16-28(6)20(24(19)30)8-9-22-27(5)13-12-23(31)26(3,4)21(27)11-14-29(22,28)7/h19-24,31H,1,8-17H2,2-7H3,(H,32,33)/t19?,20?,21?,22?,23-,24?,27-,28+,29+,30?/m0/s1. The van der Waals surface area contributed by atoms with Crippen LogP contribution in [0.15, 0.2) is 12.2 Å². The lowest BCUT2D eigenvalue weighted by Gasteiger charge is -2.72. The zero-order valence-corrected chi connectivity index (χ0v) is 22.0. The first kappa shape index (κ1) is 23.9. The van der Waals surface area contributed by atoms with Crippen LogP contribution in [-0.2, 0) is 4.79 Å². The van der Waals surface area contributed by atoms with Crippen LogP contribution in [0.25, 0.3) is 0 Å². The van der Waals surface area contributed by atoms with E-state index in [9.17, 15) is 15.0 Å². The summed E-state index contributed by atoms with van der Waals surface area (Å²) in [4.78, 5) is 12.8. The van der Waals surface area contributed by atoms with E-state index in [0.29, 0.717) is 23.7 Å². The molecule has 5 saturated carbocycles. The lowest BCUT2D eigenvalue weighted by molar-refractivity contribution is -0.248. The molecule has 186 valence electrons. The van der Waals surface area contributed by atoms with Crippen molar-refractivity contribution in [1.29, 1.82) is 0 Å². The van der Waals surface area contributed by atoms with E-state index in [2.05, 4.69) is 48.1 Å². The lowest BCUT2D eigenvalue weighted by atomic mass is 9.32. The molecule has 5 rings (SSSR count). The number of aliphatic hydroxyl groups excluding tert-OH is 1. The third kappa shape index (κ3) is 2.75. The molecule has 0 aliphatic heterocycles. The number of allylic oxidation sites excluding steroid dienone is 1. The van der Waals surface area contributed by atoms with Gasteiger partial charge in [-0.25, -0.2) is 0 Å². The summed E-state index contributed by atoms with van der Waals surface area (Å²) in [5.74, 6) is 1.79. The molecule has 6 unspecified atom stereocenters. The van der Waals surface area contributed by atoms with Crippen LogP contribution in [0.2, 0.25) is 0 Å². The topological polar surface area (TPSA) is 57.5 Å². The highest BCUT2D eigenvalue weighted by molar-refractivity contribution is 5.76. The van der Waals surface area contributed by atoms with Crippen LogP contribution in [0.3, 0.4) is 0 Å². The Morgan fingerprint density at radius 2 is 1.52 bits per heavy atom. The SMILES string of the molecule is C=C(C)C1CCC2(C(=O)O)CC[C@]3(C)C(CCC4[C@@]5(C)CC[C@H](O)C(C)(C)C5CC[C@]43C)C12. The maximum atomic E-state index is 12.8. The average molecular weight is 457 g/mol. The average Bonchev–Trinajstić information content (AvgIpc) is 3.13. The van der Waals surface area contributed by atoms with Crippen LogP contribution in [-0.4, -0.2) is 22.3 Å². The van der Waals surface area contributed by atoms with E-state index < -0.39 is 11.4 Å². The molecule has 5 fully saturated rings. The second-order valence-electron chi connectivity index (χ2n) is 14.5. The van der Waals surface area contributed by atoms with E-state index >= 15 is 0 Å². The highest BCUT2D eigenvalue weighted by Crippen LogP contribution is 2.77. The quantitative estimate of drug-likeness (QED) is 0.436. The van der Waals surface area contributed by atoms with Crippen LogP contribution in [0, 0.1) is 56.7 Å². The molecule has 0 aromatic carbocycles. The summed E-state index contributed by atoms with van der Waals surface area (Å²) in [6, 6.07) is 0. The predicted molar refractivity (Wildman–Crippen MR) is 133 cm³/mol. The van der Waals surface area contributed by atoms with Gasteiger partial charge in [0, 0.05) is 0 Å².